The number of aromatic hydroxyl groups is 2. The minimum atomic E-state index is -6.09. The molecule has 0 aliphatic rings. The van der Waals surface area contributed by atoms with Gasteiger partial charge >= 0.3 is 24.6 Å². The molecule has 3 nitrogen and oxygen atoms in total. The number of rotatable bonds is 5. The zero-order chi connectivity index (χ0) is 16.6. The number of phenols is 2. The number of phenolic OH excluding ortho intramolecular Hbond substituents is 2. The summed E-state index contributed by atoms with van der Waals surface area (Å²) in [5, 5.41) is 17.9. The van der Waals surface area contributed by atoms with Crippen LogP contribution in [0.3, 0.4) is 0 Å². The van der Waals surface area contributed by atoms with E-state index in [4.69, 9.17) is 10.2 Å². The molecule has 0 bridgehead atoms. The van der Waals surface area contributed by atoms with Crippen LogP contribution in [0.1, 0.15) is 5.56 Å². The highest BCUT2D eigenvalue weighted by Crippen LogP contribution is 2.50. The summed E-state index contributed by atoms with van der Waals surface area (Å²) in [6, 6.07) is 0.967. The maximum Gasteiger partial charge on any atom is 0.428 e. The third kappa shape index (κ3) is 3.28. The van der Waals surface area contributed by atoms with Gasteiger partial charge in [-0.1, -0.05) is 0 Å². The fourth-order valence-electron chi connectivity index (χ4n) is 1.21. The van der Waals surface area contributed by atoms with E-state index in [1.807, 2.05) is 0 Å². The Bertz CT molecular complexity index is 517. The standard InChI is InChI=1S/C10H6F8O3/c11-7(12)9(15,16)21-10(17,18)8(13,14)5-3-4(19)1-2-6(5)20/h1-3,7,19-20H. The Balaban J connectivity index is 3.24. The summed E-state index contributed by atoms with van der Waals surface area (Å²) in [7, 11) is 0. The van der Waals surface area contributed by atoms with Crippen molar-refractivity contribution in [2.24, 2.45) is 0 Å². The van der Waals surface area contributed by atoms with Crippen molar-refractivity contribution in [3.05, 3.63) is 23.8 Å². The summed E-state index contributed by atoms with van der Waals surface area (Å²) in [5.74, 6) is -8.10. The van der Waals surface area contributed by atoms with Crippen LogP contribution in [0.15, 0.2) is 18.2 Å². The van der Waals surface area contributed by atoms with E-state index in [0.29, 0.717) is 12.1 Å². The average molecular weight is 326 g/mol. The molecule has 1 aromatic rings. The Morgan fingerprint density at radius 2 is 1.48 bits per heavy atom. The van der Waals surface area contributed by atoms with Gasteiger partial charge in [0.25, 0.3) is 0 Å². The van der Waals surface area contributed by atoms with E-state index in [1.165, 1.54) is 0 Å². The molecule has 1 aromatic carbocycles. The monoisotopic (exact) mass is 326 g/mol. The predicted molar refractivity (Wildman–Crippen MR) is 50.6 cm³/mol. The zero-order valence-electron chi connectivity index (χ0n) is 9.64. The normalized spacial score (nSPS) is 13.8. The second-order valence-corrected chi connectivity index (χ2v) is 3.76. The molecule has 0 aliphatic carbocycles. The Kier molecular flexibility index (Phi) is 4.28. The Hall–Kier alpha value is -1.78. The van der Waals surface area contributed by atoms with Crippen LogP contribution >= 0.6 is 0 Å². The fraction of sp³-hybridized carbons (Fsp3) is 0.400. The lowest BCUT2D eigenvalue weighted by molar-refractivity contribution is -0.453. The number of alkyl halides is 8. The van der Waals surface area contributed by atoms with E-state index in [1.54, 1.807) is 0 Å². The predicted octanol–water partition coefficient (Wildman–Crippen LogP) is 3.66. The molecule has 0 fully saturated rings. The first-order valence-electron chi connectivity index (χ1n) is 4.95. The van der Waals surface area contributed by atoms with Crippen molar-refractivity contribution in [1.82, 2.24) is 0 Å². The molecule has 0 aliphatic heterocycles. The van der Waals surface area contributed by atoms with E-state index in [2.05, 4.69) is 4.74 Å². The van der Waals surface area contributed by atoms with Crippen LogP contribution in [0, 0.1) is 0 Å². The van der Waals surface area contributed by atoms with Crippen molar-refractivity contribution in [2.45, 2.75) is 24.6 Å². The van der Waals surface area contributed by atoms with Crippen molar-refractivity contribution in [2.75, 3.05) is 0 Å². The largest absolute Gasteiger partial charge is 0.508 e. The van der Waals surface area contributed by atoms with E-state index in [-0.39, 0.29) is 6.07 Å². The Morgan fingerprint density at radius 1 is 0.952 bits per heavy atom. The molecule has 2 N–H and O–H groups in total. The van der Waals surface area contributed by atoms with Crippen LogP contribution in [-0.2, 0) is 10.7 Å². The van der Waals surface area contributed by atoms with Gasteiger partial charge in [-0.3, -0.25) is 0 Å². The number of ether oxygens (including phenoxy) is 1. The van der Waals surface area contributed by atoms with Gasteiger partial charge in [0, 0.05) is 0 Å². The molecule has 0 saturated heterocycles. The minimum Gasteiger partial charge on any atom is -0.508 e. The summed E-state index contributed by atoms with van der Waals surface area (Å²) in [6.45, 7) is 0. The van der Waals surface area contributed by atoms with E-state index in [9.17, 15) is 35.1 Å². The fourth-order valence-corrected chi connectivity index (χ4v) is 1.21. The summed E-state index contributed by atoms with van der Waals surface area (Å²) in [4.78, 5) is 0. The van der Waals surface area contributed by atoms with Gasteiger partial charge in [-0.2, -0.15) is 26.3 Å². The van der Waals surface area contributed by atoms with Gasteiger partial charge in [0.1, 0.15) is 11.5 Å². The second kappa shape index (κ2) is 5.20. The molecule has 0 radical (unpaired) electrons. The van der Waals surface area contributed by atoms with E-state index < -0.39 is 41.6 Å². The van der Waals surface area contributed by atoms with Gasteiger partial charge in [0.2, 0.25) is 0 Å². The highest BCUT2D eigenvalue weighted by molar-refractivity contribution is 5.42. The smallest absolute Gasteiger partial charge is 0.428 e. The third-order valence-electron chi connectivity index (χ3n) is 2.20. The quantitative estimate of drug-likeness (QED) is 0.641. The van der Waals surface area contributed by atoms with Gasteiger partial charge in [0.05, 0.1) is 5.56 Å². The molecular formula is C10H6F8O3. The molecule has 0 saturated carbocycles. The maximum absolute atomic E-state index is 13.4. The van der Waals surface area contributed by atoms with Crippen LogP contribution in [0.4, 0.5) is 35.1 Å². The van der Waals surface area contributed by atoms with Crippen LogP contribution in [0.25, 0.3) is 0 Å². The summed E-state index contributed by atoms with van der Waals surface area (Å²) in [5.41, 5.74) is -1.97. The molecule has 0 aromatic heterocycles. The highest BCUT2D eigenvalue weighted by Gasteiger charge is 2.66. The Morgan fingerprint density at radius 3 is 1.95 bits per heavy atom. The molecule has 120 valence electrons. The summed E-state index contributed by atoms with van der Waals surface area (Å²) in [6.07, 6.45) is -16.7. The highest BCUT2D eigenvalue weighted by atomic mass is 19.3. The minimum absolute atomic E-state index is 0.0485. The number of hydrogen-bond acceptors (Lipinski definition) is 3. The number of halogens is 8. The number of hydrogen-bond donors (Lipinski definition) is 2. The van der Waals surface area contributed by atoms with Gasteiger partial charge in [-0.25, -0.2) is 13.5 Å². The lowest BCUT2D eigenvalue weighted by atomic mass is 10.1. The SMILES string of the molecule is Oc1ccc(O)c(C(F)(F)C(F)(F)OC(F)(F)C(F)F)c1. The summed E-state index contributed by atoms with van der Waals surface area (Å²) < 4.78 is 103. The molecule has 11 heteroatoms. The molecule has 0 unspecified atom stereocenters. The van der Waals surface area contributed by atoms with Gasteiger partial charge in [0.15, 0.2) is 0 Å². The van der Waals surface area contributed by atoms with Gasteiger partial charge in [-0.05, 0) is 18.2 Å². The summed E-state index contributed by atoms with van der Waals surface area (Å²) >= 11 is 0. The molecule has 1 rings (SSSR count). The van der Waals surface area contributed by atoms with Crippen molar-refractivity contribution in [3.63, 3.8) is 0 Å². The van der Waals surface area contributed by atoms with Crippen molar-refractivity contribution < 1.29 is 50.1 Å². The number of benzene rings is 1. The third-order valence-corrected chi connectivity index (χ3v) is 2.20. The second-order valence-electron chi connectivity index (χ2n) is 3.76. The van der Waals surface area contributed by atoms with Gasteiger partial charge in [-0.15, -0.1) is 0 Å². The van der Waals surface area contributed by atoms with Crippen molar-refractivity contribution >= 4 is 0 Å². The van der Waals surface area contributed by atoms with Crippen LogP contribution in [0.2, 0.25) is 0 Å². The first kappa shape index (κ1) is 17.3. The lowest BCUT2D eigenvalue weighted by Crippen LogP contribution is -2.47. The first-order valence-corrected chi connectivity index (χ1v) is 4.95. The molecule has 0 spiro atoms. The van der Waals surface area contributed by atoms with Crippen molar-refractivity contribution in [3.8, 4) is 11.5 Å². The molecular weight excluding hydrogens is 320 g/mol. The lowest BCUT2D eigenvalue weighted by Gasteiger charge is -2.29. The van der Waals surface area contributed by atoms with Crippen LogP contribution < -0.4 is 0 Å². The van der Waals surface area contributed by atoms with E-state index >= 15 is 0 Å². The first-order chi connectivity index (χ1) is 9.31. The molecule has 0 heterocycles. The molecule has 0 amide bonds. The molecule has 21 heavy (non-hydrogen) atoms. The average Bonchev–Trinajstić information content (AvgIpc) is 2.30. The maximum atomic E-state index is 13.4. The Labute approximate surface area is 111 Å². The van der Waals surface area contributed by atoms with E-state index in [0.717, 1.165) is 0 Å². The molecule has 0 atom stereocenters. The zero-order valence-corrected chi connectivity index (χ0v) is 9.64. The topological polar surface area (TPSA) is 49.7 Å². The van der Waals surface area contributed by atoms with Gasteiger partial charge < -0.3 is 10.2 Å². The van der Waals surface area contributed by atoms with Crippen molar-refractivity contribution in [1.29, 1.82) is 0 Å². The van der Waals surface area contributed by atoms with Crippen LogP contribution in [0.5, 0.6) is 11.5 Å². The van der Waals surface area contributed by atoms with Crippen LogP contribution in [-0.4, -0.2) is 28.9 Å².